The van der Waals surface area contributed by atoms with Crippen molar-refractivity contribution in [2.24, 2.45) is 11.3 Å². The molecular formula is C12H22O3. The fourth-order valence-corrected chi connectivity index (χ4v) is 2.22. The number of carbonyl (C=O) groups excluding carboxylic acids is 1. The van der Waals surface area contributed by atoms with E-state index in [0.29, 0.717) is 11.3 Å². The minimum Gasteiger partial charge on any atom is -0.438 e. The predicted molar refractivity (Wildman–Crippen MR) is 58.7 cm³/mol. The zero-order valence-corrected chi connectivity index (χ0v) is 10.2. The molecule has 0 aromatic carbocycles. The molecule has 3 heteroatoms. The van der Waals surface area contributed by atoms with Crippen molar-refractivity contribution >= 4 is 6.16 Å². The summed E-state index contributed by atoms with van der Waals surface area (Å²) in [6.45, 7) is 6.74. The molecule has 1 saturated carbocycles. The zero-order chi connectivity index (χ0) is 11.5. The second kappa shape index (κ2) is 4.86. The Hall–Kier alpha value is -0.730. The van der Waals surface area contributed by atoms with E-state index < -0.39 is 6.16 Å². The van der Waals surface area contributed by atoms with Crippen molar-refractivity contribution in [3.05, 3.63) is 0 Å². The highest BCUT2D eigenvalue weighted by Gasteiger charge is 2.32. The maximum Gasteiger partial charge on any atom is 0.508 e. The molecule has 0 aromatic rings. The average molecular weight is 214 g/mol. The summed E-state index contributed by atoms with van der Waals surface area (Å²) in [4.78, 5) is 11.0. The van der Waals surface area contributed by atoms with Crippen LogP contribution in [0.3, 0.4) is 0 Å². The van der Waals surface area contributed by atoms with Crippen molar-refractivity contribution in [3.63, 3.8) is 0 Å². The maximum atomic E-state index is 11.0. The summed E-state index contributed by atoms with van der Waals surface area (Å²) in [5.74, 6) is 0.640. The SMILES string of the molecule is COC(=O)O[C@@H]1CCC[C@@H](C(C)(C)C)C1. The fraction of sp³-hybridized carbons (Fsp3) is 0.917. The maximum absolute atomic E-state index is 11.0. The minimum absolute atomic E-state index is 0.0513. The van der Waals surface area contributed by atoms with E-state index in [1.807, 2.05) is 0 Å². The third-order valence-corrected chi connectivity index (χ3v) is 3.28. The third-order valence-electron chi connectivity index (χ3n) is 3.28. The Morgan fingerprint density at radius 1 is 1.27 bits per heavy atom. The average Bonchev–Trinajstić information content (AvgIpc) is 2.17. The van der Waals surface area contributed by atoms with Gasteiger partial charge in [-0.1, -0.05) is 20.8 Å². The molecule has 0 spiro atoms. The molecule has 1 fully saturated rings. The Labute approximate surface area is 92.1 Å². The molecule has 0 unspecified atom stereocenters. The largest absolute Gasteiger partial charge is 0.508 e. The van der Waals surface area contributed by atoms with Crippen LogP contribution in [-0.4, -0.2) is 19.4 Å². The summed E-state index contributed by atoms with van der Waals surface area (Å²) in [6, 6.07) is 0. The zero-order valence-electron chi connectivity index (χ0n) is 10.2. The van der Waals surface area contributed by atoms with E-state index in [2.05, 4.69) is 25.5 Å². The monoisotopic (exact) mass is 214 g/mol. The highest BCUT2D eigenvalue weighted by Crippen LogP contribution is 2.38. The van der Waals surface area contributed by atoms with Gasteiger partial charge in [-0.05, 0) is 37.0 Å². The fourth-order valence-electron chi connectivity index (χ4n) is 2.22. The second-order valence-electron chi connectivity index (χ2n) is 5.42. The molecule has 0 heterocycles. The molecule has 88 valence electrons. The van der Waals surface area contributed by atoms with E-state index >= 15 is 0 Å². The lowest BCUT2D eigenvalue weighted by atomic mass is 9.71. The molecule has 0 radical (unpaired) electrons. The van der Waals surface area contributed by atoms with Gasteiger partial charge in [-0.3, -0.25) is 0 Å². The van der Waals surface area contributed by atoms with Gasteiger partial charge in [-0.2, -0.15) is 0 Å². The molecule has 0 amide bonds. The molecule has 0 N–H and O–H groups in total. The van der Waals surface area contributed by atoms with Crippen LogP contribution >= 0.6 is 0 Å². The van der Waals surface area contributed by atoms with Crippen molar-refractivity contribution in [1.29, 1.82) is 0 Å². The number of hydrogen-bond donors (Lipinski definition) is 0. The molecule has 0 bridgehead atoms. The summed E-state index contributed by atoms with van der Waals surface area (Å²) in [6.07, 6.45) is 3.83. The van der Waals surface area contributed by atoms with Gasteiger partial charge in [0.15, 0.2) is 0 Å². The summed E-state index contributed by atoms with van der Waals surface area (Å²) in [5.41, 5.74) is 0.304. The summed E-state index contributed by atoms with van der Waals surface area (Å²) in [7, 11) is 1.35. The highest BCUT2D eigenvalue weighted by molar-refractivity contribution is 5.59. The first-order valence-electron chi connectivity index (χ1n) is 5.68. The van der Waals surface area contributed by atoms with Gasteiger partial charge in [0, 0.05) is 0 Å². The lowest BCUT2D eigenvalue weighted by Crippen LogP contribution is -2.32. The lowest BCUT2D eigenvalue weighted by molar-refractivity contribution is -0.000785. The molecule has 3 nitrogen and oxygen atoms in total. The summed E-state index contributed by atoms with van der Waals surface area (Å²) >= 11 is 0. The van der Waals surface area contributed by atoms with Crippen LogP contribution in [0.2, 0.25) is 0 Å². The lowest BCUT2D eigenvalue weighted by Gasteiger charge is -2.37. The molecule has 2 atom stereocenters. The van der Waals surface area contributed by atoms with Crippen LogP contribution in [0.25, 0.3) is 0 Å². The Morgan fingerprint density at radius 3 is 2.47 bits per heavy atom. The van der Waals surface area contributed by atoms with E-state index in [1.54, 1.807) is 0 Å². The number of carbonyl (C=O) groups is 1. The van der Waals surface area contributed by atoms with Gasteiger partial charge >= 0.3 is 6.16 Å². The number of methoxy groups -OCH3 is 1. The minimum atomic E-state index is -0.547. The molecular weight excluding hydrogens is 192 g/mol. The van der Waals surface area contributed by atoms with Crippen molar-refractivity contribution in [2.45, 2.75) is 52.6 Å². The summed E-state index contributed by atoms with van der Waals surface area (Å²) < 4.78 is 9.72. The van der Waals surface area contributed by atoms with Gasteiger partial charge in [-0.15, -0.1) is 0 Å². The van der Waals surface area contributed by atoms with E-state index in [-0.39, 0.29) is 6.10 Å². The normalized spacial score (nSPS) is 27.2. The first-order valence-corrected chi connectivity index (χ1v) is 5.68. The Bertz CT molecular complexity index is 217. The Morgan fingerprint density at radius 2 is 1.93 bits per heavy atom. The van der Waals surface area contributed by atoms with Crippen LogP contribution in [0.15, 0.2) is 0 Å². The van der Waals surface area contributed by atoms with Crippen molar-refractivity contribution in [3.8, 4) is 0 Å². The first-order chi connectivity index (χ1) is 6.93. The molecule has 1 aliphatic rings. The van der Waals surface area contributed by atoms with Gasteiger partial charge in [0.25, 0.3) is 0 Å². The van der Waals surface area contributed by atoms with Crippen LogP contribution in [0, 0.1) is 11.3 Å². The molecule has 0 aromatic heterocycles. The molecule has 0 saturated heterocycles. The summed E-state index contributed by atoms with van der Waals surface area (Å²) in [5, 5.41) is 0. The van der Waals surface area contributed by atoms with Gasteiger partial charge < -0.3 is 9.47 Å². The quantitative estimate of drug-likeness (QED) is 0.628. The number of ether oxygens (including phenoxy) is 2. The van der Waals surface area contributed by atoms with E-state index in [4.69, 9.17) is 4.74 Å². The third kappa shape index (κ3) is 3.73. The molecule has 1 rings (SSSR count). The standard InChI is InChI=1S/C12H22O3/c1-12(2,3)9-6-5-7-10(8-9)15-11(13)14-4/h9-10H,5-8H2,1-4H3/t9-,10-/m1/s1. The van der Waals surface area contributed by atoms with Crippen LogP contribution in [0.5, 0.6) is 0 Å². The molecule has 0 aliphatic heterocycles. The molecule has 1 aliphatic carbocycles. The van der Waals surface area contributed by atoms with Crippen LogP contribution < -0.4 is 0 Å². The van der Waals surface area contributed by atoms with Crippen molar-refractivity contribution in [2.75, 3.05) is 7.11 Å². The van der Waals surface area contributed by atoms with Crippen LogP contribution in [0.1, 0.15) is 46.5 Å². The van der Waals surface area contributed by atoms with Gasteiger partial charge in [0.2, 0.25) is 0 Å². The smallest absolute Gasteiger partial charge is 0.438 e. The van der Waals surface area contributed by atoms with Crippen molar-refractivity contribution < 1.29 is 14.3 Å². The van der Waals surface area contributed by atoms with E-state index in [1.165, 1.54) is 13.5 Å². The number of rotatable bonds is 1. The second-order valence-corrected chi connectivity index (χ2v) is 5.42. The molecule has 15 heavy (non-hydrogen) atoms. The first kappa shape index (κ1) is 12.3. The highest BCUT2D eigenvalue weighted by atomic mass is 16.7. The van der Waals surface area contributed by atoms with E-state index in [0.717, 1.165) is 19.3 Å². The number of hydrogen-bond acceptors (Lipinski definition) is 3. The Kier molecular flexibility index (Phi) is 4.00. The van der Waals surface area contributed by atoms with Crippen molar-refractivity contribution in [1.82, 2.24) is 0 Å². The topological polar surface area (TPSA) is 35.5 Å². The van der Waals surface area contributed by atoms with E-state index in [9.17, 15) is 4.79 Å². The van der Waals surface area contributed by atoms with Gasteiger partial charge in [-0.25, -0.2) is 4.79 Å². The Balaban J connectivity index is 2.46. The van der Waals surface area contributed by atoms with Gasteiger partial charge in [0.1, 0.15) is 6.10 Å². The predicted octanol–water partition coefficient (Wildman–Crippen LogP) is 3.37. The van der Waals surface area contributed by atoms with Crippen LogP contribution in [0.4, 0.5) is 4.79 Å². The van der Waals surface area contributed by atoms with Crippen LogP contribution in [-0.2, 0) is 9.47 Å². The van der Waals surface area contributed by atoms with Gasteiger partial charge in [0.05, 0.1) is 7.11 Å².